The number of rotatable bonds is 4. The fourth-order valence-corrected chi connectivity index (χ4v) is 4.10. The zero-order chi connectivity index (χ0) is 23.1. The van der Waals surface area contributed by atoms with E-state index in [9.17, 15) is 9.90 Å². The Bertz CT molecular complexity index is 1670. The van der Waals surface area contributed by atoms with Crippen LogP contribution in [0.1, 0.15) is 5.56 Å². The molecule has 6 heteroatoms. The van der Waals surface area contributed by atoms with Gasteiger partial charge in [-0.1, -0.05) is 66.7 Å². The summed E-state index contributed by atoms with van der Waals surface area (Å²) in [5.74, 6) is 0.568. The van der Waals surface area contributed by atoms with Crippen LogP contribution in [0.2, 0.25) is 0 Å². The maximum Gasteiger partial charge on any atom is 0.283 e. The molecule has 0 saturated heterocycles. The lowest BCUT2D eigenvalue weighted by molar-refractivity contribution is 0.424. The van der Waals surface area contributed by atoms with Crippen LogP contribution < -0.4 is 16.3 Å². The van der Waals surface area contributed by atoms with Crippen molar-refractivity contribution in [2.45, 2.75) is 0 Å². The van der Waals surface area contributed by atoms with Crippen LogP contribution in [0.3, 0.4) is 0 Å². The second-order valence-corrected chi connectivity index (χ2v) is 7.89. The third kappa shape index (κ3) is 3.29. The van der Waals surface area contributed by atoms with Crippen LogP contribution >= 0.6 is 0 Å². The van der Waals surface area contributed by atoms with Crippen LogP contribution in [0.5, 0.6) is 5.88 Å². The van der Waals surface area contributed by atoms with Crippen LogP contribution in [0.25, 0.3) is 34.9 Å². The molecule has 5 aromatic rings. The van der Waals surface area contributed by atoms with E-state index in [-0.39, 0.29) is 17.0 Å². The van der Waals surface area contributed by atoms with Crippen molar-refractivity contribution in [2.24, 2.45) is 4.99 Å². The number of allylic oxidation sites excluding steroid dienone is 1. The maximum atomic E-state index is 13.5. The predicted molar refractivity (Wildman–Crippen MR) is 130 cm³/mol. The first-order valence-electron chi connectivity index (χ1n) is 10.8. The highest BCUT2D eigenvalue weighted by atomic mass is 16.3. The molecule has 3 aromatic carbocycles. The van der Waals surface area contributed by atoms with Crippen molar-refractivity contribution < 1.29 is 9.52 Å². The molecule has 0 aliphatic carbocycles. The van der Waals surface area contributed by atoms with Gasteiger partial charge in [0.05, 0.1) is 17.1 Å². The van der Waals surface area contributed by atoms with Gasteiger partial charge in [-0.15, -0.1) is 0 Å². The molecule has 0 atom stereocenters. The molecule has 1 N–H and O–H groups in total. The van der Waals surface area contributed by atoms with E-state index < -0.39 is 0 Å². The molecule has 0 spiro atoms. The Labute approximate surface area is 194 Å². The molecule has 6 rings (SSSR count). The van der Waals surface area contributed by atoms with Crippen molar-refractivity contribution in [2.75, 3.05) is 0 Å². The number of nitrogens with zero attached hydrogens (tertiary/aromatic N) is 3. The number of para-hydroxylation sites is 2. The number of benzene rings is 3. The largest absolute Gasteiger partial charge is 0.493 e. The van der Waals surface area contributed by atoms with Crippen LogP contribution in [-0.4, -0.2) is 14.5 Å². The molecule has 0 radical (unpaired) electrons. The first-order valence-corrected chi connectivity index (χ1v) is 10.8. The molecule has 1 aliphatic heterocycles. The molecule has 3 heterocycles. The summed E-state index contributed by atoms with van der Waals surface area (Å²) in [6.45, 7) is 0. The lowest BCUT2D eigenvalue weighted by Crippen LogP contribution is -2.21. The molecular weight excluding hydrogens is 426 g/mol. The van der Waals surface area contributed by atoms with Gasteiger partial charge in [-0.25, -0.2) is 14.4 Å². The molecule has 2 aromatic heterocycles. The number of furan rings is 1. The lowest BCUT2D eigenvalue weighted by atomic mass is 10.2. The zero-order valence-electron chi connectivity index (χ0n) is 18.0. The number of hydrogen-bond acceptors (Lipinski definition) is 4. The highest BCUT2D eigenvalue weighted by Gasteiger charge is 2.21. The van der Waals surface area contributed by atoms with Crippen LogP contribution in [-0.2, 0) is 0 Å². The van der Waals surface area contributed by atoms with Gasteiger partial charge in [0.15, 0.2) is 5.42 Å². The molecule has 6 nitrogen and oxygen atoms in total. The second kappa shape index (κ2) is 7.94. The van der Waals surface area contributed by atoms with Crippen LogP contribution in [0, 0.1) is 0 Å². The normalized spacial score (nSPS) is 13.5. The number of aromatic hydroxyl groups is 1. The summed E-state index contributed by atoms with van der Waals surface area (Å²) in [6.07, 6.45) is 3.36. The Hall–Kier alpha value is -4.84. The van der Waals surface area contributed by atoms with Gasteiger partial charge < -0.3 is 9.52 Å². The average Bonchev–Trinajstić information content (AvgIpc) is 3.52. The van der Waals surface area contributed by atoms with Crippen molar-refractivity contribution in [1.29, 1.82) is 0 Å². The van der Waals surface area contributed by atoms with Crippen molar-refractivity contribution in [3.05, 3.63) is 129 Å². The van der Waals surface area contributed by atoms with Gasteiger partial charge in [0.2, 0.25) is 5.88 Å². The Morgan fingerprint density at radius 2 is 1.38 bits per heavy atom. The summed E-state index contributed by atoms with van der Waals surface area (Å²) < 4.78 is 8.93. The van der Waals surface area contributed by atoms with E-state index in [1.54, 1.807) is 12.2 Å². The molecule has 0 fully saturated rings. The van der Waals surface area contributed by atoms with E-state index in [2.05, 4.69) is 4.99 Å². The molecule has 0 bridgehead atoms. The molecular formula is C28H19N3O3. The van der Waals surface area contributed by atoms with Gasteiger partial charge in [-0.2, -0.15) is 0 Å². The SMILES string of the molecule is O=c1c(C=C2C=c3oc(-c4ccccc4)cc3=N2)c(O)n(-c2ccccc2)n1-c1ccccc1. The Kier molecular flexibility index (Phi) is 4.63. The highest BCUT2D eigenvalue weighted by molar-refractivity contribution is 5.69. The van der Waals surface area contributed by atoms with E-state index >= 15 is 0 Å². The summed E-state index contributed by atoms with van der Waals surface area (Å²) in [5, 5.41) is 11.8. The second-order valence-electron chi connectivity index (χ2n) is 7.89. The minimum Gasteiger partial charge on any atom is -0.493 e. The summed E-state index contributed by atoms with van der Waals surface area (Å²) in [5.41, 5.74) is 3.23. The first-order chi connectivity index (χ1) is 16.7. The van der Waals surface area contributed by atoms with Crippen molar-refractivity contribution >= 4 is 12.2 Å². The van der Waals surface area contributed by atoms with Crippen LogP contribution in [0.15, 0.2) is 117 Å². The summed E-state index contributed by atoms with van der Waals surface area (Å²) in [7, 11) is 0. The third-order valence-electron chi connectivity index (χ3n) is 5.69. The summed E-state index contributed by atoms with van der Waals surface area (Å²) in [4.78, 5) is 18.1. The van der Waals surface area contributed by atoms with Gasteiger partial charge in [0, 0.05) is 17.7 Å². The topological polar surface area (TPSA) is 72.7 Å². The quantitative estimate of drug-likeness (QED) is 0.454. The predicted octanol–water partition coefficient (Wildman–Crippen LogP) is 4.05. The van der Waals surface area contributed by atoms with Gasteiger partial charge in [-0.3, -0.25) is 4.79 Å². The molecule has 0 unspecified atom stereocenters. The van der Waals surface area contributed by atoms with Gasteiger partial charge >= 0.3 is 0 Å². The summed E-state index contributed by atoms with van der Waals surface area (Å²) >= 11 is 0. The van der Waals surface area contributed by atoms with E-state index in [0.717, 1.165) is 11.3 Å². The van der Waals surface area contributed by atoms with E-state index in [1.807, 2.05) is 97.1 Å². The zero-order valence-corrected chi connectivity index (χ0v) is 18.0. The van der Waals surface area contributed by atoms with Gasteiger partial charge in [-0.05, 0) is 30.3 Å². The van der Waals surface area contributed by atoms with Gasteiger partial charge in [0.25, 0.3) is 5.56 Å². The molecule has 164 valence electrons. The fraction of sp³-hybridized carbons (Fsp3) is 0. The van der Waals surface area contributed by atoms with Gasteiger partial charge in [0.1, 0.15) is 16.7 Å². The standard InChI is InChI=1S/C28H19N3O3/c32-27-23(16-20-17-26-24(29-20)18-25(34-26)19-10-4-1-5-11-19)28(33)31(22-14-8-3-9-15-22)30(27)21-12-6-2-7-13-21/h1-18,32H. The molecule has 0 saturated carbocycles. The molecule has 1 aliphatic rings. The number of aromatic nitrogens is 2. The molecule has 34 heavy (non-hydrogen) atoms. The molecule has 0 amide bonds. The smallest absolute Gasteiger partial charge is 0.283 e. The summed E-state index contributed by atoms with van der Waals surface area (Å²) in [6, 6.07) is 30.2. The monoisotopic (exact) mass is 445 g/mol. The first kappa shape index (κ1) is 19.8. The maximum absolute atomic E-state index is 13.5. The number of fused-ring (bicyclic) bond motifs is 1. The van der Waals surface area contributed by atoms with Crippen molar-refractivity contribution in [3.8, 4) is 28.6 Å². The average molecular weight is 445 g/mol. The van der Waals surface area contributed by atoms with E-state index in [0.29, 0.717) is 27.8 Å². The number of hydrogen-bond donors (Lipinski definition) is 1. The fourth-order valence-electron chi connectivity index (χ4n) is 4.10. The Morgan fingerprint density at radius 3 is 2.00 bits per heavy atom. The minimum absolute atomic E-state index is 0.149. The lowest BCUT2D eigenvalue weighted by Gasteiger charge is -2.12. The van der Waals surface area contributed by atoms with Crippen molar-refractivity contribution in [1.82, 2.24) is 9.36 Å². The third-order valence-corrected chi connectivity index (χ3v) is 5.69. The van der Waals surface area contributed by atoms with E-state index in [4.69, 9.17) is 4.42 Å². The van der Waals surface area contributed by atoms with E-state index in [1.165, 1.54) is 9.36 Å². The van der Waals surface area contributed by atoms with Crippen LogP contribution in [0.4, 0.5) is 0 Å². The minimum atomic E-state index is -0.350. The Morgan fingerprint density at radius 1 is 0.794 bits per heavy atom. The highest BCUT2D eigenvalue weighted by Crippen LogP contribution is 2.25. The van der Waals surface area contributed by atoms with Crippen molar-refractivity contribution in [3.63, 3.8) is 0 Å². The Balaban J connectivity index is 1.48.